The quantitative estimate of drug-likeness (QED) is 0.844. The predicted octanol–water partition coefficient (Wildman–Crippen LogP) is 4.18. The number of nitrogens with two attached hydrogens (primary N) is 1. The Balaban J connectivity index is 1.99. The third kappa shape index (κ3) is 1.88. The zero-order chi connectivity index (χ0) is 12.8. The highest BCUT2D eigenvalue weighted by Crippen LogP contribution is 2.50. The van der Waals surface area contributed by atoms with E-state index in [0.717, 1.165) is 28.6 Å². The average Bonchev–Trinajstić information content (AvgIpc) is 2.70. The monoisotopic (exact) mass is 309 g/mol. The second kappa shape index (κ2) is 4.53. The summed E-state index contributed by atoms with van der Waals surface area (Å²) in [6, 6.07) is 6.33. The first-order chi connectivity index (χ1) is 8.64. The Morgan fingerprint density at radius 2 is 2.33 bits per heavy atom. The molecule has 2 N–H and O–H groups in total. The Labute approximate surface area is 117 Å². The van der Waals surface area contributed by atoms with Crippen molar-refractivity contribution in [1.29, 1.82) is 0 Å². The van der Waals surface area contributed by atoms with Gasteiger partial charge < -0.3 is 10.5 Å². The van der Waals surface area contributed by atoms with Gasteiger partial charge in [0.1, 0.15) is 11.4 Å². The van der Waals surface area contributed by atoms with Crippen LogP contribution in [0.2, 0.25) is 0 Å². The Morgan fingerprint density at radius 1 is 1.50 bits per heavy atom. The molecule has 1 aliphatic heterocycles. The molecule has 1 aliphatic carbocycles. The van der Waals surface area contributed by atoms with Crippen LogP contribution in [-0.4, -0.2) is 5.60 Å². The van der Waals surface area contributed by atoms with Crippen molar-refractivity contribution in [2.75, 3.05) is 0 Å². The van der Waals surface area contributed by atoms with Gasteiger partial charge in [-0.25, -0.2) is 0 Å². The van der Waals surface area contributed by atoms with Crippen LogP contribution in [0, 0.1) is 5.92 Å². The van der Waals surface area contributed by atoms with Gasteiger partial charge in [-0.1, -0.05) is 28.9 Å². The van der Waals surface area contributed by atoms with Crippen LogP contribution < -0.4 is 10.5 Å². The van der Waals surface area contributed by atoms with Gasteiger partial charge in [-0.05, 0) is 43.7 Å². The molecule has 18 heavy (non-hydrogen) atoms. The van der Waals surface area contributed by atoms with Crippen molar-refractivity contribution in [2.24, 2.45) is 11.7 Å². The van der Waals surface area contributed by atoms with Gasteiger partial charge in [0, 0.05) is 22.5 Å². The van der Waals surface area contributed by atoms with Gasteiger partial charge in [0.05, 0.1) is 0 Å². The van der Waals surface area contributed by atoms with Gasteiger partial charge in [0.15, 0.2) is 0 Å². The van der Waals surface area contributed by atoms with E-state index >= 15 is 0 Å². The predicted molar refractivity (Wildman–Crippen MR) is 76.7 cm³/mol. The van der Waals surface area contributed by atoms with Gasteiger partial charge in [-0.15, -0.1) is 0 Å². The fourth-order valence-corrected chi connectivity index (χ4v) is 4.08. The van der Waals surface area contributed by atoms with Crippen molar-refractivity contribution in [1.82, 2.24) is 0 Å². The molecule has 3 rings (SSSR count). The summed E-state index contributed by atoms with van der Waals surface area (Å²) in [6.07, 6.45) is 5.88. The van der Waals surface area contributed by atoms with E-state index in [-0.39, 0.29) is 11.6 Å². The molecule has 0 saturated heterocycles. The lowest BCUT2D eigenvalue weighted by atomic mass is 9.79. The highest BCUT2D eigenvalue weighted by molar-refractivity contribution is 9.10. The zero-order valence-corrected chi connectivity index (χ0v) is 12.4. The van der Waals surface area contributed by atoms with Gasteiger partial charge >= 0.3 is 0 Å². The van der Waals surface area contributed by atoms with Gasteiger partial charge in [-0.2, -0.15) is 0 Å². The molecular weight excluding hydrogens is 290 g/mol. The van der Waals surface area contributed by atoms with E-state index in [1.807, 2.05) is 6.07 Å². The van der Waals surface area contributed by atoms with E-state index in [0.29, 0.717) is 5.92 Å². The molecule has 0 amide bonds. The Kier molecular flexibility index (Phi) is 3.15. The third-order valence-corrected chi connectivity index (χ3v) is 5.14. The minimum atomic E-state index is 0.00194. The van der Waals surface area contributed by atoms with Crippen molar-refractivity contribution in [3.05, 3.63) is 28.2 Å². The summed E-state index contributed by atoms with van der Waals surface area (Å²) in [7, 11) is 0. The minimum Gasteiger partial charge on any atom is -0.487 e. The summed E-state index contributed by atoms with van der Waals surface area (Å²) in [5, 5.41) is 0. The molecule has 3 heteroatoms. The van der Waals surface area contributed by atoms with Crippen molar-refractivity contribution in [3.63, 3.8) is 0 Å². The molecule has 1 fully saturated rings. The standard InChI is InChI=1S/C15H20BrNO/c1-2-10-4-3-7-15(10)9-13(17)12-6-5-11(16)8-14(12)18-15/h5-6,8,10,13H,2-4,7,9,17H2,1H3/t10?,13-,15?/m1/s1. The lowest BCUT2D eigenvalue weighted by molar-refractivity contribution is -0.00100. The van der Waals surface area contributed by atoms with Crippen molar-refractivity contribution in [2.45, 2.75) is 50.7 Å². The summed E-state index contributed by atoms with van der Waals surface area (Å²) in [5.41, 5.74) is 7.53. The van der Waals surface area contributed by atoms with Crippen LogP contribution in [0.5, 0.6) is 5.75 Å². The number of rotatable bonds is 1. The normalized spacial score (nSPS) is 34.4. The molecule has 2 aliphatic rings. The fraction of sp³-hybridized carbons (Fsp3) is 0.600. The number of halogens is 1. The van der Waals surface area contributed by atoms with Crippen LogP contribution in [0.1, 0.15) is 50.6 Å². The molecule has 2 nitrogen and oxygen atoms in total. The highest BCUT2D eigenvalue weighted by Gasteiger charge is 2.48. The van der Waals surface area contributed by atoms with E-state index in [4.69, 9.17) is 10.5 Å². The molecule has 0 radical (unpaired) electrons. The molecule has 1 aromatic rings. The smallest absolute Gasteiger partial charge is 0.126 e. The highest BCUT2D eigenvalue weighted by atomic mass is 79.9. The van der Waals surface area contributed by atoms with Crippen molar-refractivity contribution >= 4 is 15.9 Å². The summed E-state index contributed by atoms with van der Waals surface area (Å²) < 4.78 is 7.49. The minimum absolute atomic E-state index is 0.00194. The number of benzene rings is 1. The molecule has 0 aromatic heterocycles. The SMILES string of the molecule is CCC1CCCC12C[C@@H](N)c1ccc(Br)cc1O2. The van der Waals surface area contributed by atoms with Crippen molar-refractivity contribution < 1.29 is 4.74 Å². The Bertz CT molecular complexity index is 462. The van der Waals surface area contributed by atoms with Crippen molar-refractivity contribution in [3.8, 4) is 5.75 Å². The summed E-state index contributed by atoms with van der Waals surface area (Å²) >= 11 is 3.52. The summed E-state index contributed by atoms with van der Waals surface area (Å²) in [4.78, 5) is 0. The van der Waals surface area contributed by atoms with Crippen LogP contribution >= 0.6 is 15.9 Å². The van der Waals surface area contributed by atoms with Crippen LogP contribution in [0.3, 0.4) is 0 Å². The van der Waals surface area contributed by atoms with E-state index in [9.17, 15) is 0 Å². The molecule has 2 unspecified atom stereocenters. The van der Waals surface area contributed by atoms with Gasteiger partial charge in [0.25, 0.3) is 0 Å². The second-order valence-corrected chi connectivity index (χ2v) is 6.57. The molecule has 98 valence electrons. The first-order valence-electron chi connectivity index (χ1n) is 6.88. The van der Waals surface area contributed by atoms with Crippen LogP contribution in [0.25, 0.3) is 0 Å². The molecular formula is C15H20BrNO. The lowest BCUT2D eigenvalue weighted by Crippen LogP contribution is -2.45. The molecule has 0 bridgehead atoms. The van der Waals surface area contributed by atoms with Crippen LogP contribution in [0.15, 0.2) is 22.7 Å². The Morgan fingerprint density at radius 3 is 3.11 bits per heavy atom. The van der Waals surface area contributed by atoms with E-state index < -0.39 is 0 Å². The van der Waals surface area contributed by atoms with E-state index in [1.54, 1.807) is 0 Å². The molecule has 1 aromatic carbocycles. The number of hydrogen-bond acceptors (Lipinski definition) is 2. The molecule has 1 saturated carbocycles. The first-order valence-corrected chi connectivity index (χ1v) is 7.68. The largest absolute Gasteiger partial charge is 0.487 e. The number of fused-ring (bicyclic) bond motifs is 1. The topological polar surface area (TPSA) is 35.2 Å². The lowest BCUT2D eigenvalue weighted by Gasteiger charge is -2.42. The number of hydrogen-bond donors (Lipinski definition) is 1. The van der Waals surface area contributed by atoms with Gasteiger partial charge in [-0.3, -0.25) is 0 Å². The maximum absolute atomic E-state index is 6.43. The first kappa shape index (κ1) is 12.5. The maximum Gasteiger partial charge on any atom is 0.126 e. The second-order valence-electron chi connectivity index (χ2n) is 5.66. The van der Waals surface area contributed by atoms with E-state index in [2.05, 4.69) is 35.0 Å². The fourth-order valence-electron chi connectivity index (χ4n) is 3.74. The average molecular weight is 310 g/mol. The summed E-state index contributed by atoms with van der Waals surface area (Å²) in [6.45, 7) is 2.27. The Hall–Kier alpha value is -0.540. The van der Waals surface area contributed by atoms with E-state index in [1.165, 1.54) is 19.3 Å². The van der Waals surface area contributed by atoms with Crippen LogP contribution in [-0.2, 0) is 0 Å². The van der Waals surface area contributed by atoms with Gasteiger partial charge in [0.2, 0.25) is 0 Å². The molecule has 1 spiro atoms. The molecule has 1 heterocycles. The molecule has 3 atom stereocenters. The maximum atomic E-state index is 6.43. The van der Waals surface area contributed by atoms with Crippen LogP contribution in [0.4, 0.5) is 0 Å². The summed E-state index contributed by atoms with van der Waals surface area (Å²) in [5.74, 6) is 1.65. The number of ether oxygens (including phenoxy) is 1. The third-order valence-electron chi connectivity index (χ3n) is 4.64. The zero-order valence-electron chi connectivity index (χ0n) is 10.8.